The van der Waals surface area contributed by atoms with Gasteiger partial charge in [0.05, 0.1) is 11.0 Å². The SMILES string of the molecule is CC(Nc1ccc([N+](=O)[O-])c(-c2ccccc2)n1)c1ncn[nH]1. The third kappa shape index (κ3) is 3.15. The van der Waals surface area contributed by atoms with Crippen LogP contribution in [0.1, 0.15) is 18.8 Å². The third-order valence-electron chi connectivity index (χ3n) is 3.33. The van der Waals surface area contributed by atoms with Crippen LogP contribution in [0.5, 0.6) is 0 Å². The van der Waals surface area contributed by atoms with Gasteiger partial charge in [0.2, 0.25) is 0 Å². The number of aromatic amines is 1. The molecule has 1 atom stereocenters. The number of H-pyrrole nitrogens is 1. The van der Waals surface area contributed by atoms with Crippen molar-refractivity contribution in [3.8, 4) is 11.3 Å². The molecule has 0 radical (unpaired) electrons. The Labute approximate surface area is 131 Å². The Morgan fingerprint density at radius 2 is 2.00 bits per heavy atom. The van der Waals surface area contributed by atoms with Crippen LogP contribution in [0.3, 0.4) is 0 Å². The van der Waals surface area contributed by atoms with E-state index >= 15 is 0 Å². The van der Waals surface area contributed by atoms with Gasteiger partial charge in [0.1, 0.15) is 18.0 Å². The number of aromatic nitrogens is 4. The second-order valence-electron chi connectivity index (χ2n) is 4.92. The smallest absolute Gasteiger partial charge is 0.295 e. The maximum Gasteiger partial charge on any atom is 0.295 e. The predicted octanol–water partition coefficient (Wildman–Crippen LogP) is 2.95. The Hall–Kier alpha value is -3.29. The van der Waals surface area contributed by atoms with Gasteiger partial charge < -0.3 is 5.32 Å². The molecule has 23 heavy (non-hydrogen) atoms. The number of hydrogen-bond donors (Lipinski definition) is 2. The molecular weight excluding hydrogens is 296 g/mol. The lowest BCUT2D eigenvalue weighted by molar-refractivity contribution is -0.384. The zero-order valence-electron chi connectivity index (χ0n) is 12.3. The van der Waals surface area contributed by atoms with E-state index in [2.05, 4.69) is 25.5 Å². The van der Waals surface area contributed by atoms with Crippen LogP contribution in [-0.4, -0.2) is 25.1 Å². The van der Waals surface area contributed by atoms with Gasteiger partial charge >= 0.3 is 0 Å². The lowest BCUT2D eigenvalue weighted by Gasteiger charge is -2.12. The van der Waals surface area contributed by atoms with Crippen LogP contribution in [0.25, 0.3) is 11.3 Å². The number of nitrogens with one attached hydrogen (secondary N) is 2. The van der Waals surface area contributed by atoms with E-state index in [-0.39, 0.29) is 11.7 Å². The van der Waals surface area contributed by atoms with Crippen molar-refractivity contribution in [2.75, 3.05) is 5.32 Å². The Bertz CT molecular complexity index is 804. The van der Waals surface area contributed by atoms with Gasteiger partial charge in [-0.05, 0) is 13.0 Å². The number of anilines is 1. The Kier molecular flexibility index (Phi) is 3.96. The molecule has 1 unspecified atom stereocenters. The molecule has 3 aromatic rings. The summed E-state index contributed by atoms with van der Waals surface area (Å²) < 4.78 is 0. The van der Waals surface area contributed by atoms with E-state index in [1.807, 2.05) is 25.1 Å². The van der Waals surface area contributed by atoms with Gasteiger partial charge in [-0.1, -0.05) is 30.3 Å². The highest BCUT2D eigenvalue weighted by Crippen LogP contribution is 2.29. The second-order valence-corrected chi connectivity index (χ2v) is 4.92. The van der Waals surface area contributed by atoms with Crippen molar-refractivity contribution in [2.45, 2.75) is 13.0 Å². The summed E-state index contributed by atoms with van der Waals surface area (Å²) in [7, 11) is 0. The standard InChI is InChI=1S/C15H14N6O2/c1-10(15-16-9-17-20-15)18-13-8-7-12(21(22)23)14(19-13)11-5-3-2-4-6-11/h2-10H,1H3,(H,18,19)(H,16,17,20). The molecule has 0 fully saturated rings. The summed E-state index contributed by atoms with van der Waals surface area (Å²) in [6.07, 6.45) is 1.42. The molecule has 1 aromatic carbocycles. The summed E-state index contributed by atoms with van der Waals surface area (Å²) in [6.45, 7) is 1.89. The minimum absolute atomic E-state index is 0.0333. The molecule has 3 rings (SSSR count). The van der Waals surface area contributed by atoms with Crippen LogP contribution >= 0.6 is 0 Å². The Morgan fingerprint density at radius 3 is 2.65 bits per heavy atom. The molecule has 0 amide bonds. The van der Waals surface area contributed by atoms with Gasteiger partial charge in [0.15, 0.2) is 5.69 Å². The molecule has 0 saturated carbocycles. The molecule has 2 aromatic heterocycles. The van der Waals surface area contributed by atoms with Crippen molar-refractivity contribution in [1.29, 1.82) is 0 Å². The molecule has 0 aliphatic heterocycles. The molecule has 0 spiro atoms. The van der Waals surface area contributed by atoms with Crippen molar-refractivity contribution >= 4 is 11.5 Å². The van der Waals surface area contributed by atoms with Gasteiger partial charge in [0, 0.05) is 11.6 Å². The monoisotopic (exact) mass is 310 g/mol. The van der Waals surface area contributed by atoms with E-state index in [0.29, 0.717) is 22.9 Å². The highest BCUT2D eigenvalue weighted by atomic mass is 16.6. The molecule has 0 saturated heterocycles. The summed E-state index contributed by atoms with van der Waals surface area (Å²) in [6, 6.07) is 11.9. The van der Waals surface area contributed by atoms with Crippen molar-refractivity contribution in [3.63, 3.8) is 0 Å². The molecular formula is C15H14N6O2. The molecule has 8 nitrogen and oxygen atoms in total. The van der Waals surface area contributed by atoms with Gasteiger partial charge in [-0.2, -0.15) is 5.10 Å². The van der Waals surface area contributed by atoms with Crippen LogP contribution in [0.4, 0.5) is 11.5 Å². The lowest BCUT2D eigenvalue weighted by atomic mass is 10.1. The average molecular weight is 310 g/mol. The minimum Gasteiger partial charge on any atom is -0.360 e. The van der Waals surface area contributed by atoms with Gasteiger partial charge in [0.25, 0.3) is 5.69 Å². The van der Waals surface area contributed by atoms with E-state index < -0.39 is 4.92 Å². The zero-order chi connectivity index (χ0) is 16.2. The number of rotatable bonds is 5. The second kappa shape index (κ2) is 6.22. The van der Waals surface area contributed by atoms with E-state index in [0.717, 1.165) is 0 Å². The van der Waals surface area contributed by atoms with Crippen molar-refractivity contribution < 1.29 is 4.92 Å². The van der Waals surface area contributed by atoms with E-state index in [1.165, 1.54) is 12.4 Å². The topological polar surface area (TPSA) is 110 Å². The largest absolute Gasteiger partial charge is 0.360 e. The first kappa shape index (κ1) is 14.6. The zero-order valence-corrected chi connectivity index (χ0v) is 12.3. The van der Waals surface area contributed by atoms with Gasteiger partial charge in [-0.25, -0.2) is 9.97 Å². The fourth-order valence-corrected chi connectivity index (χ4v) is 2.20. The quantitative estimate of drug-likeness (QED) is 0.554. The number of nitro groups is 1. The predicted molar refractivity (Wildman–Crippen MR) is 84.7 cm³/mol. The molecule has 2 N–H and O–H groups in total. The average Bonchev–Trinajstić information content (AvgIpc) is 3.10. The van der Waals surface area contributed by atoms with E-state index in [4.69, 9.17) is 0 Å². The normalized spacial score (nSPS) is 11.9. The molecule has 116 valence electrons. The first-order valence-corrected chi connectivity index (χ1v) is 6.98. The van der Waals surface area contributed by atoms with Crippen LogP contribution in [0, 0.1) is 10.1 Å². The van der Waals surface area contributed by atoms with Gasteiger partial charge in [-0.3, -0.25) is 15.2 Å². The molecule has 0 bridgehead atoms. The third-order valence-corrected chi connectivity index (χ3v) is 3.33. The first-order valence-electron chi connectivity index (χ1n) is 6.98. The number of benzene rings is 1. The minimum atomic E-state index is -0.432. The van der Waals surface area contributed by atoms with Gasteiger partial charge in [-0.15, -0.1) is 0 Å². The summed E-state index contributed by atoms with van der Waals surface area (Å²) >= 11 is 0. The highest BCUT2D eigenvalue weighted by molar-refractivity contribution is 5.71. The van der Waals surface area contributed by atoms with Crippen molar-refractivity contribution in [3.05, 3.63) is 64.7 Å². The number of pyridine rings is 1. The Morgan fingerprint density at radius 1 is 1.22 bits per heavy atom. The lowest BCUT2D eigenvalue weighted by Crippen LogP contribution is -2.10. The summed E-state index contributed by atoms with van der Waals surface area (Å²) in [4.78, 5) is 19.3. The Balaban J connectivity index is 1.96. The molecule has 0 aliphatic carbocycles. The first-order chi connectivity index (χ1) is 11.1. The molecule has 0 aliphatic rings. The highest BCUT2D eigenvalue weighted by Gasteiger charge is 2.18. The van der Waals surface area contributed by atoms with Crippen LogP contribution in [0.2, 0.25) is 0 Å². The fraction of sp³-hybridized carbons (Fsp3) is 0.133. The van der Waals surface area contributed by atoms with E-state index in [1.54, 1.807) is 18.2 Å². The summed E-state index contributed by atoms with van der Waals surface area (Å²) in [5.41, 5.74) is 0.981. The van der Waals surface area contributed by atoms with Crippen LogP contribution < -0.4 is 5.32 Å². The van der Waals surface area contributed by atoms with Crippen LogP contribution in [0.15, 0.2) is 48.8 Å². The number of nitrogens with zero attached hydrogens (tertiary/aromatic N) is 4. The maximum atomic E-state index is 11.2. The van der Waals surface area contributed by atoms with Crippen LogP contribution in [-0.2, 0) is 0 Å². The molecule has 8 heteroatoms. The maximum absolute atomic E-state index is 11.2. The molecule has 2 heterocycles. The summed E-state index contributed by atoms with van der Waals surface area (Å²) in [5.74, 6) is 1.18. The fourth-order valence-electron chi connectivity index (χ4n) is 2.20. The number of hydrogen-bond acceptors (Lipinski definition) is 6. The summed E-state index contributed by atoms with van der Waals surface area (Å²) in [5, 5.41) is 21.0. The van der Waals surface area contributed by atoms with Crippen molar-refractivity contribution in [2.24, 2.45) is 0 Å². The van der Waals surface area contributed by atoms with Crippen molar-refractivity contribution in [1.82, 2.24) is 20.2 Å². The van der Waals surface area contributed by atoms with E-state index in [9.17, 15) is 10.1 Å².